The van der Waals surface area contributed by atoms with E-state index in [1.54, 1.807) is 42.4 Å². The summed E-state index contributed by atoms with van der Waals surface area (Å²) in [5.74, 6) is 0.0863. The molecule has 144 valence electrons. The first-order valence-corrected chi connectivity index (χ1v) is 9.08. The fourth-order valence-corrected chi connectivity index (χ4v) is 2.92. The second-order valence-corrected chi connectivity index (χ2v) is 6.58. The lowest BCUT2D eigenvalue weighted by Gasteiger charge is -2.27. The quantitative estimate of drug-likeness (QED) is 0.838. The molecule has 0 bridgehead atoms. The number of carbonyl (C=O) groups excluding carboxylic acids is 1. The van der Waals surface area contributed by atoms with Crippen molar-refractivity contribution in [1.82, 2.24) is 15.2 Å². The molecule has 0 aliphatic carbocycles. The number of hydrogen-bond donors (Lipinski definition) is 1. The highest BCUT2D eigenvalue weighted by Crippen LogP contribution is 2.24. The van der Waals surface area contributed by atoms with Crippen molar-refractivity contribution in [2.75, 3.05) is 20.2 Å². The van der Waals surface area contributed by atoms with Gasteiger partial charge in [-0.05, 0) is 49.1 Å². The van der Waals surface area contributed by atoms with Crippen molar-refractivity contribution in [1.29, 1.82) is 0 Å². The first-order valence-electron chi connectivity index (χ1n) is 9.08. The van der Waals surface area contributed by atoms with Gasteiger partial charge < -0.3 is 19.7 Å². The van der Waals surface area contributed by atoms with Crippen LogP contribution in [0.2, 0.25) is 0 Å². The highest BCUT2D eigenvalue weighted by Gasteiger charge is 2.18. The molecule has 1 aromatic heterocycles. The fourth-order valence-electron chi connectivity index (χ4n) is 2.92. The van der Waals surface area contributed by atoms with Crippen LogP contribution in [0.15, 0.2) is 42.7 Å². The van der Waals surface area contributed by atoms with Crippen molar-refractivity contribution in [2.24, 2.45) is 0 Å². The number of aromatic nitrogens is 1. The molecular formula is C20H24FN3O3. The minimum absolute atomic E-state index is 0.0934. The molecule has 2 amide bonds. The van der Waals surface area contributed by atoms with Crippen LogP contribution in [0, 0.1) is 5.82 Å². The van der Waals surface area contributed by atoms with Gasteiger partial charge in [-0.1, -0.05) is 6.07 Å². The van der Waals surface area contributed by atoms with Gasteiger partial charge in [0.2, 0.25) is 0 Å². The maximum absolute atomic E-state index is 14.2. The van der Waals surface area contributed by atoms with E-state index in [0.717, 1.165) is 25.9 Å². The molecule has 1 aliphatic heterocycles. The molecule has 6 nitrogen and oxygen atoms in total. The number of pyridine rings is 1. The molecule has 27 heavy (non-hydrogen) atoms. The summed E-state index contributed by atoms with van der Waals surface area (Å²) in [4.78, 5) is 17.7. The third kappa shape index (κ3) is 5.65. The minimum atomic E-state index is -0.491. The van der Waals surface area contributed by atoms with Gasteiger partial charge in [-0.3, -0.25) is 4.98 Å². The molecule has 1 N–H and O–H groups in total. The van der Waals surface area contributed by atoms with Crippen molar-refractivity contribution in [3.05, 3.63) is 54.1 Å². The summed E-state index contributed by atoms with van der Waals surface area (Å²) >= 11 is 0. The number of carbonyl (C=O) groups is 1. The number of urea groups is 1. The zero-order valence-corrected chi connectivity index (χ0v) is 15.4. The average molecular weight is 373 g/mol. The van der Waals surface area contributed by atoms with Gasteiger partial charge in [0.25, 0.3) is 0 Å². The first kappa shape index (κ1) is 19.1. The number of nitrogens with zero attached hydrogens (tertiary/aromatic N) is 2. The number of ether oxygens (including phenoxy) is 2. The summed E-state index contributed by atoms with van der Waals surface area (Å²) < 4.78 is 25.4. The predicted octanol–water partition coefficient (Wildman–Crippen LogP) is 3.72. The number of amides is 2. The molecule has 7 heteroatoms. The van der Waals surface area contributed by atoms with Gasteiger partial charge >= 0.3 is 6.03 Å². The van der Waals surface area contributed by atoms with E-state index in [-0.39, 0.29) is 24.4 Å². The number of benzene rings is 1. The Labute approximate surface area is 158 Å². The summed E-state index contributed by atoms with van der Waals surface area (Å²) in [6, 6.07) is 7.83. The lowest BCUT2D eigenvalue weighted by Crippen LogP contribution is -2.42. The smallest absolute Gasteiger partial charge is 0.317 e. The third-order valence-electron chi connectivity index (χ3n) is 4.40. The van der Waals surface area contributed by atoms with Crippen LogP contribution >= 0.6 is 0 Å². The van der Waals surface area contributed by atoms with E-state index < -0.39 is 5.82 Å². The molecule has 1 unspecified atom stereocenters. The van der Waals surface area contributed by atoms with Gasteiger partial charge in [0.1, 0.15) is 5.75 Å². The van der Waals surface area contributed by atoms with Crippen molar-refractivity contribution in [2.45, 2.75) is 31.9 Å². The monoisotopic (exact) mass is 373 g/mol. The molecular weight excluding hydrogens is 349 g/mol. The van der Waals surface area contributed by atoms with Gasteiger partial charge in [-0.2, -0.15) is 0 Å². The Morgan fingerprint density at radius 2 is 2.30 bits per heavy atom. The van der Waals surface area contributed by atoms with Crippen LogP contribution < -0.4 is 10.1 Å². The van der Waals surface area contributed by atoms with Crippen LogP contribution in [0.4, 0.5) is 9.18 Å². The van der Waals surface area contributed by atoms with Crippen LogP contribution in [0.3, 0.4) is 0 Å². The molecule has 0 saturated carbocycles. The fraction of sp³-hybridized carbons (Fsp3) is 0.400. The summed E-state index contributed by atoms with van der Waals surface area (Å²) in [7, 11) is 1.73. The van der Waals surface area contributed by atoms with Crippen molar-refractivity contribution < 1.29 is 18.7 Å². The lowest BCUT2D eigenvalue weighted by molar-refractivity contribution is 0.00385. The Kier molecular flexibility index (Phi) is 6.59. The standard InChI is InChI=1S/C20H24FN3O3/c1-24(14-17-5-2-3-10-26-17)20(25)23-12-15-7-8-19(18(21)11-15)27-16-6-4-9-22-13-16/h4,6-9,11,13,17H,2-3,5,10,12,14H2,1H3,(H,23,25). The van der Waals surface area contributed by atoms with E-state index in [1.165, 1.54) is 12.3 Å². The maximum atomic E-state index is 14.2. The van der Waals surface area contributed by atoms with Gasteiger partial charge in [0.15, 0.2) is 11.6 Å². The van der Waals surface area contributed by atoms with Crippen molar-refractivity contribution in [3.8, 4) is 11.5 Å². The molecule has 1 saturated heterocycles. The number of nitrogens with one attached hydrogen (secondary N) is 1. The second kappa shape index (κ2) is 9.32. The van der Waals surface area contributed by atoms with E-state index >= 15 is 0 Å². The Balaban J connectivity index is 1.50. The Hall–Kier alpha value is -2.67. The molecule has 2 aromatic rings. The number of hydrogen-bond acceptors (Lipinski definition) is 4. The second-order valence-electron chi connectivity index (χ2n) is 6.58. The van der Waals surface area contributed by atoms with Crippen molar-refractivity contribution >= 4 is 6.03 Å². The molecule has 1 aliphatic rings. The Morgan fingerprint density at radius 1 is 1.41 bits per heavy atom. The van der Waals surface area contributed by atoms with E-state index in [9.17, 15) is 9.18 Å². The summed E-state index contributed by atoms with van der Waals surface area (Å²) in [5.41, 5.74) is 0.654. The lowest BCUT2D eigenvalue weighted by atomic mass is 10.1. The normalized spacial score (nSPS) is 16.6. The molecule has 2 heterocycles. The van der Waals surface area contributed by atoms with Crippen molar-refractivity contribution in [3.63, 3.8) is 0 Å². The van der Waals surface area contributed by atoms with Gasteiger partial charge in [0.05, 0.1) is 12.3 Å². The summed E-state index contributed by atoms with van der Waals surface area (Å²) in [6.45, 7) is 1.55. The van der Waals surface area contributed by atoms with Gasteiger partial charge in [-0.25, -0.2) is 9.18 Å². The minimum Gasteiger partial charge on any atom is -0.453 e. The van der Waals surface area contributed by atoms with E-state index in [2.05, 4.69) is 10.3 Å². The Bertz CT molecular complexity index is 751. The summed E-state index contributed by atoms with van der Waals surface area (Å²) in [6.07, 6.45) is 6.41. The van der Waals surface area contributed by atoms with Crippen LogP contribution in [0.25, 0.3) is 0 Å². The van der Waals surface area contributed by atoms with Gasteiger partial charge in [-0.15, -0.1) is 0 Å². The van der Waals surface area contributed by atoms with E-state index in [1.807, 2.05) is 0 Å². The molecule has 1 aromatic carbocycles. The number of likely N-dealkylation sites (N-methyl/N-ethyl adjacent to an activating group) is 1. The van der Waals surface area contributed by atoms with E-state index in [4.69, 9.17) is 9.47 Å². The Morgan fingerprint density at radius 3 is 3.00 bits per heavy atom. The summed E-state index contributed by atoms with van der Waals surface area (Å²) in [5, 5.41) is 2.80. The SMILES string of the molecule is CN(CC1CCCCO1)C(=O)NCc1ccc(Oc2cccnc2)c(F)c1. The topological polar surface area (TPSA) is 63.7 Å². The highest BCUT2D eigenvalue weighted by atomic mass is 19.1. The van der Waals surface area contributed by atoms with Crippen LogP contribution in [0.5, 0.6) is 11.5 Å². The predicted molar refractivity (Wildman–Crippen MR) is 99.2 cm³/mol. The zero-order valence-electron chi connectivity index (χ0n) is 15.4. The number of halogens is 1. The average Bonchev–Trinajstić information content (AvgIpc) is 2.69. The third-order valence-corrected chi connectivity index (χ3v) is 4.40. The van der Waals surface area contributed by atoms with Crippen LogP contribution in [-0.2, 0) is 11.3 Å². The highest BCUT2D eigenvalue weighted by molar-refractivity contribution is 5.73. The zero-order chi connectivity index (χ0) is 19.1. The molecule has 3 rings (SSSR count). The van der Waals surface area contributed by atoms with Crippen LogP contribution in [0.1, 0.15) is 24.8 Å². The molecule has 0 spiro atoms. The number of rotatable bonds is 6. The molecule has 1 atom stereocenters. The largest absolute Gasteiger partial charge is 0.453 e. The molecule has 1 fully saturated rings. The van der Waals surface area contributed by atoms with Crippen LogP contribution in [-0.4, -0.2) is 42.2 Å². The maximum Gasteiger partial charge on any atom is 0.317 e. The van der Waals surface area contributed by atoms with E-state index in [0.29, 0.717) is 17.9 Å². The first-order chi connectivity index (χ1) is 13.1. The molecule has 0 radical (unpaired) electrons. The van der Waals surface area contributed by atoms with Gasteiger partial charge in [0, 0.05) is 32.9 Å².